The first kappa shape index (κ1) is 96.2. The number of benzene rings is 12. The summed E-state index contributed by atoms with van der Waals surface area (Å²) in [4.78, 5) is 89.2. The van der Waals surface area contributed by atoms with Gasteiger partial charge >= 0.3 is 0 Å². The maximum absolute atomic E-state index is 4.93. The molecule has 19 heteroatoms. The normalized spacial score (nSPS) is 11.3. The number of aromatic nitrogens is 19. The van der Waals surface area contributed by atoms with Gasteiger partial charge in [0, 0.05) is 103 Å². The molecule has 0 fully saturated rings. The van der Waals surface area contributed by atoms with E-state index in [2.05, 4.69) is 288 Å². The Morgan fingerprint density at radius 3 is 0.831 bits per heavy atom. The van der Waals surface area contributed by atoms with Crippen molar-refractivity contribution in [3.8, 4) is 170 Å². The summed E-state index contributed by atoms with van der Waals surface area (Å²) in [7, 11) is 0. The molecule has 0 N–H and O–H groups in total. The number of fused-ring (bicyclic) bond motifs is 1. The van der Waals surface area contributed by atoms with E-state index < -0.39 is 0 Å². The lowest BCUT2D eigenvalue weighted by molar-refractivity contribution is 0.543. The predicted octanol–water partition coefficient (Wildman–Crippen LogP) is 29.2. The van der Waals surface area contributed by atoms with Gasteiger partial charge in [0.25, 0.3) is 0 Å². The third-order valence-corrected chi connectivity index (χ3v) is 23.1. The fraction of sp³-hybridized carbons (Fsp3) is 0.146. The summed E-state index contributed by atoms with van der Waals surface area (Å²) in [6, 6.07) is 130. The molecule has 0 aliphatic rings. The van der Waals surface area contributed by atoms with Crippen LogP contribution in [0.5, 0.6) is 0 Å². The van der Waals surface area contributed by atoms with Crippen molar-refractivity contribution in [3.05, 3.63) is 442 Å². The van der Waals surface area contributed by atoms with Crippen LogP contribution in [0, 0.1) is 0 Å². The van der Waals surface area contributed by atoms with E-state index in [1.807, 2.05) is 237 Å². The van der Waals surface area contributed by atoms with Gasteiger partial charge in [0.1, 0.15) is 40.5 Å². The topological polar surface area (TPSA) is 245 Å². The molecule has 0 saturated heterocycles. The molecule has 0 amide bonds. The molecule has 12 aromatic carbocycles. The summed E-state index contributed by atoms with van der Waals surface area (Å²) < 4.78 is 0. The third kappa shape index (κ3) is 24.2. The monoisotopic (exact) mass is 1850 g/mol. The van der Waals surface area contributed by atoms with Crippen molar-refractivity contribution < 1.29 is 0 Å². The molecule has 9 aromatic heterocycles. The molecular formula is C123H109N19. The van der Waals surface area contributed by atoms with Gasteiger partial charge in [-0.1, -0.05) is 430 Å². The summed E-state index contributed by atoms with van der Waals surface area (Å²) in [5, 5.41) is 2.33. The van der Waals surface area contributed by atoms with Crippen LogP contribution in [0.25, 0.3) is 181 Å². The van der Waals surface area contributed by atoms with E-state index in [-0.39, 0.29) is 28.1 Å². The minimum atomic E-state index is -0.193. The summed E-state index contributed by atoms with van der Waals surface area (Å²) in [6.07, 6.45) is 7.18. The lowest BCUT2D eigenvalue weighted by Gasteiger charge is -2.19. The van der Waals surface area contributed by atoms with Crippen LogP contribution < -0.4 is 0 Å². The summed E-state index contributed by atoms with van der Waals surface area (Å²) in [5.74, 6) is 11.0. The van der Waals surface area contributed by atoms with Crippen LogP contribution in [0.1, 0.15) is 131 Å². The van der Waals surface area contributed by atoms with Crippen molar-refractivity contribution in [3.63, 3.8) is 0 Å². The minimum absolute atomic E-state index is 0.189. The molecule has 21 rings (SSSR count). The van der Waals surface area contributed by atoms with E-state index in [0.717, 1.165) is 124 Å². The Kier molecular flexibility index (Phi) is 30.1. The minimum Gasteiger partial charge on any atom is -0.255 e. The summed E-state index contributed by atoms with van der Waals surface area (Å²) in [5.41, 5.74) is 19.6. The molecule has 19 nitrogen and oxygen atoms in total. The van der Waals surface area contributed by atoms with Crippen molar-refractivity contribution in [1.82, 2.24) is 94.7 Å². The Bertz CT molecular complexity index is 7560. The van der Waals surface area contributed by atoms with E-state index in [0.29, 0.717) is 58.2 Å². The Balaban J connectivity index is 0.000000122. The van der Waals surface area contributed by atoms with Crippen molar-refractivity contribution in [1.29, 1.82) is 0 Å². The van der Waals surface area contributed by atoms with E-state index >= 15 is 0 Å². The first-order valence-corrected chi connectivity index (χ1v) is 47.7. The average molecular weight is 1850 g/mol. The third-order valence-electron chi connectivity index (χ3n) is 23.1. The number of nitrogens with zero attached hydrogens (tertiary/aromatic N) is 19. The molecule has 0 unspecified atom stereocenters. The second kappa shape index (κ2) is 44.3. The highest BCUT2D eigenvalue weighted by atomic mass is 15.1. The van der Waals surface area contributed by atoms with E-state index in [9.17, 15) is 0 Å². The van der Waals surface area contributed by atoms with E-state index in [1.165, 1.54) is 27.6 Å². The van der Waals surface area contributed by atoms with Gasteiger partial charge in [-0.25, -0.2) is 74.8 Å². The molecular weight excluding hydrogens is 1740 g/mol. The largest absolute Gasteiger partial charge is 0.255 e. The number of pyridine rings is 4. The Labute approximate surface area is 830 Å². The average Bonchev–Trinajstić information content (AvgIpc) is 0.759. The quantitative estimate of drug-likeness (QED) is 0.0822. The molecule has 0 aliphatic carbocycles. The van der Waals surface area contributed by atoms with Crippen LogP contribution in [-0.2, 0) is 16.2 Å². The molecule has 0 bridgehead atoms. The second-order valence-corrected chi connectivity index (χ2v) is 37.7. The number of hydrogen-bond acceptors (Lipinski definition) is 19. The number of rotatable bonds is 17. The van der Waals surface area contributed by atoms with Crippen LogP contribution >= 0.6 is 0 Å². The molecule has 0 aliphatic heterocycles. The predicted molar refractivity (Wildman–Crippen MR) is 574 cm³/mol. The zero-order valence-corrected chi connectivity index (χ0v) is 81.9. The first-order valence-electron chi connectivity index (χ1n) is 47.7. The Morgan fingerprint density at radius 1 is 0.162 bits per heavy atom. The Hall–Kier alpha value is -17.5. The van der Waals surface area contributed by atoms with Crippen molar-refractivity contribution in [2.45, 2.75) is 118 Å². The van der Waals surface area contributed by atoms with E-state index in [4.69, 9.17) is 54.8 Å². The number of hydrogen-bond donors (Lipinski definition) is 0. The first-order chi connectivity index (χ1) is 68.9. The highest BCUT2D eigenvalue weighted by molar-refractivity contribution is 6.04. The molecule has 696 valence electrons. The highest BCUT2D eigenvalue weighted by Gasteiger charge is 2.27. The maximum Gasteiger partial charge on any atom is 0.182 e. The fourth-order valence-electron chi connectivity index (χ4n) is 15.4. The smallest absolute Gasteiger partial charge is 0.182 e. The Morgan fingerprint density at radius 2 is 0.415 bits per heavy atom. The van der Waals surface area contributed by atoms with Crippen LogP contribution in [0.15, 0.2) is 413 Å². The molecule has 0 saturated carbocycles. The van der Waals surface area contributed by atoms with Crippen LogP contribution in [0.4, 0.5) is 0 Å². The summed E-state index contributed by atoms with van der Waals surface area (Å²) in [6.45, 7) is 27.4. The molecule has 9 heterocycles. The lowest BCUT2D eigenvalue weighted by atomic mass is 9.94. The molecule has 0 radical (unpaired) electrons. The van der Waals surface area contributed by atoms with Gasteiger partial charge in [-0.05, 0) is 98.2 Å². The standard InChI is InChI=1S/C29H25N3.C24H22N4.C24H21N3.C23H21N5.C23H20N4/c1-29(2,3)28-31-26(21-14-8-5-9-15-21)30-27(32-28)25-19-18-22(20-12-6-4-7-13-20)23-16-10-11-17-24(23)25;1-24(2,3)23-27-21(26-22(28-23)20-11-7-8-16-25-20)19-14-12-18(13-15-19)17-9-5-4-6-10-17;1-17(2)22-25-23(19-13-7-4-8-14-19)27-24(26-22)21-16-10-9-15-20(21)18-11-5-3-6-12-18;1-23(2,3)22-27-20(16-9-5-4-6-10-16)26-21(28-22)17-12-13-19(25-15-17)18-11-7-8-14-24-18;1-16(2)21-25-22(18-11-7-4-8-12-18)27-23(26-21)20-14-13-19(15-24-20)17-9-5-3-6-10-17/h4-19H,1-3H3;4-16H,1-3H3;3-17H,1-2H3;4-15H,1-3H3;3-16H,1-2H3. The van der Waals surface area contributed by atoms with Crippen LogP contribution in [0.3, 0.4) is 0 Å². The van der Waals surface area contributed by atoms with Crippen molar-refractivity contribution >= 4 is 10.8 Å². The second-order valence-electron chi connectivity index (χ2n) is 37.7. The molecule has 21 aromatic rings. The van der Waals surface area contributed by atoms with E-state index in [1.54, 1.807) is 18.6 Å². The highest BCUT2D eigenvalue weighted by Crippen LogP contribution is 2.39. The van der Waals surface area contributed by atoms with Crippen LogP contribution in [0.2, 0.25) is 0 Å². The van der Waals surface area contributed by atoms with Gasteiger partial charge in [0.05, 0.1) is 11.4 Å². The molecule has 142 heavy (non-hydrogen) atoms. The SMILES string of the molecule is CC(C)(C)c1nc(-c2ccc(-c3ccccc3)cc2)nc(-c2ccccn2)n1.CC(C)(C)c1nc(-c2ccccc2)nc(-c2ccc(-c3ccccc3)c3ccccc23)n1.CC(C)(C)c1nc(-c2ccccc2)nc(-c2ccc(-c3ccccn3)nc2)n1.CC(C)c1nc(-c2ccccc2)nc(-c2ccc(-c3ccccc3)cn2)n1.CC(C)c1nc(-c2ccccc2)nc(-c2ccccc2-c2ccccc2)n1. The van der Waals surface area contributed by atoms with Crippen molar-refractivity contribution in [2.24, 2.45) is 0 Å². The van der Waals surface area contributed by atoms with Gasteiger partial charge in [0.15, 0.2) is 58.2 Å². The van der Waals surface area contributed by atoms with Gasteiger partial charge in [-0.15, -0.1) is 0 Å². The zero-order chi connectivity index (χ0) is 98.5. The van der Waals surface area contributed by atoms with Gasteiger partial charge < -0.3 is 0 Å². The van der Waals surface area contributed by atoms with Gasteiger partial charge in [-0.3, -0.25) is 19.9 Å². The van der Waals surface area contributed by atoms with Crippen molar-refractivity contribution in [2.75, 3.05) is 0 Å². The molecule has 0 spiro atoms. The maximum atomic E-state index is 4.93. The lowest BCUT2D eigenvalue weighted by Crippen LogP contribution is -2.18. The van der Waals surface area contributed by atoms with Gasteiger partial charge in [-0.2, -0.15) is 0 Å². The zero-order valence-electron chi connectivity index (χ0n) is 81.9. The molecule has 0 atom stereocenters. The fourth-order valence-corrected chi connectivity index (χ4v) is 15.4. The summed E-state index contributed by atoms with van der Waals surface area (Å²) >= 11 is 0. The van der Waals surface area contributed by atoms with Crippen LogP contribution in [-0.4, -0.2) is 94.7 Å². The van der Waals surface area contributed by atoms with Gasteiger partial charge in [0.2, 0.25) is 0 Å².